The average molecular weight is 460 g/mol. The Morgan fingerprint density at radius 2 is 2.00 bits per heavy atom. The Balaban J connectivity index is 1.77. The number of nitrogens with one attached hydrogen (secondary N) is 1. The fourth-order valence-corrected chi connectivity index (χ4v) is 5.22. The van der Waals surface area contributed by atoms with Crippen LogP contribution in [0.2, 0.25) is 0 Å². The van der Waals surface area contributed by atoms with Crippen molar-refractivity contribution in [2.24, 2.45) is 4.40 Å². The summed E-state index contributed by atoms with van der Waals surface area (Å²) < 4.78 is 34.2. The molecule has 2 amide bonds. The van der Waals surface area contributed by atoms with Gasteiger partial charge in [0.2, 0.25) is 11.8 Å². The smallest absolute Gasteiger partial charge is 0.284 e. The van der Waals surface area contributed by atoms with Crippen LogP contribution >= 0.6 is 11.8 Å². The molecule has 2 aromatic rings. The molecule has 0 radical (unpaired) electrons. The minimum Gasteiger partial charge on any atom is -0.497 e. The number of sulfonamides is 1. The van der Waals surface area contributed by atoms with Crippen molar-refractivity contribution in [3.63, 3.8) is 0 Å². The lowest BCUT2D eigenvalue weighted by molar-refractivity contribution is -0.127. The summed E-state index contributed by atoms with van der Waals surface area (Å²) in [6, 6.07) is 14.6. The zero-order chi connectivity index (χ0) is 22.4. The van der Waals surface area contributed by atoms with Crippen molar-refractivity contribution >= 4 is 44.5 Å². The molecule has 1 saturated heterocycles. The van der Waals surface area contributed by atoms with Crippen molar-refractivity contribution in [1.82, 2.24) is 4.90 Å². The fraction of sp³-hybridized carbons (Fsp3) is 0.190. The molecule has 8 nitrogen and oxygen atoms in total. The second-order valence-electron chi connectivity index (χ2n) is 6.49. The first kappa shape index (κ1) is 22.6. The van der Waals surface area contributed by atoms with E-state index in [0.717, 1.165) is 11.8 Å². The highest BCUT2D eigenvalue weighted by atomic mass is 32.2. The molecule has 3 rings (SSSR count). The lowest BCUT2D eigenvalue weighted by atomic mass is 10.2. The summed E-state index contributed by atoms with van der Waals surface area (Å²) in [6.07, 6.45) is 1.33. The van der Waals surface area contributed by atoms with Crippen LogP contribution in [-0.2, 0) is 19.6 Å². The average Bonchev–Trinajstić information content (AvgIpc) is 3.03. The number of hydrogen-bond donors (Lipinski definition) is 1. The van der Waals surface area contributed by atoms with Crippen molar-refractivity contribution in [3.05, 3.63) is 67.3 Å². The SMILES string of the molecule is C=CCN1C(=O)C(CC(=O)Nc2cccc(OC)c2)S/C1=N\S(=O)(=O)c1ccccc1. The van der Waals surface area contributed by atoms with Crippen molar-refractivity contribution in [2.45, 2.75) is 16.6 Å². The molecule has 0 aromatic heterocycles. The Hall–Kier alpha value is -3.11. The van der Waals surface area contributed by atoms with Gasteiger partial charge in [-0.1, -0.05) is 42.1 Å². The first-order chi connectivity index (χ1) is 14.8. The van der Waals surface area contributed by atoms with E-state index in [1.807, 2.05) is 0 Å². The molecule has 1 atom stereocenters. The third-order valence-electron chi connectivity index (χ3n) is 4.30. The number of rotatable bonds is 8. The Bertz CT molecular complexity index is 1120. The quantitative estimate of drug-likeness (QED) is 0.609. The summed E-state index contributed by atoms with van der Waals surface area (Å²) in [7, 11) is -2.48. The molecule has 1 unspecified atom stereocenters. The van der Waals surface area contributed by atoms with Gasteiger partial charge in [-0.2, -0.15) is 8.42 Å². The Kier molecular flexibility index (Phi) is 7.13. The monoisotopic (exact) mass is 459 g/mol. The van der Waals surface area contributed by atoms with Gasteiger partial charge in [-0.25, -0.2) is 0 Å². The maximum atomic E-state index is 12.8. The number of nitrogens with zero attached hydrogens (tertiary/aromatic N) is 2. The lowest BCUT2D eigenvalue weighted by Gasteiger charge is -2.13. The molecule has 0 bridgehead atoms. The van der Waals surface area contributed by atoms with E-state index in [-0.39, 0.29) is 28.9 Å². The largest absolute Gasteiger partial charge is 0.497 e. The van der Waals surface area contributed by atoms with Crippen LogP contribution in [0.1, 0.15) is 6.42 Å². The summed E-state index contributed by atoms with van der Waals surface area (Å²) in [5, 5.41) is 1.94. The van der Waals surface area contributed by atoms with E-state index in [2.05, 4.69) is 16.3 Å². The number of amides is 2. The molecule has 1 heterocycles. The number of ether oxygens (including phenoxy) is 1. The van der Waals surface area contributed by atoms with Crippen LogP contribution in [0.15, 0.2) is 76.5 Å². The van der Waals surface area contributed by atoms with E-state index in [9.17, 15) is 18.0 Å². The molecule has 1 aliphatic rings. The molecule has 0 spiro atoms. The van der Waals surface area contributed by atoms with Gasteiger partial charge in [0.05, 0.1) is 12.0 Å². The normalized spacial score (nSPS) is 17.6. The predicted octanol–water partition coefficient (Wildman–Crippen LogP) is 2.90. The van der Waals surface area contributed by atoms with Gasteiger partial charge in [-0.3, -0.25) is 14.5 Å². The van der Waals surface area contributed by atoms with Gasteiger partial charge in [0.25, 0.3) is 10.0 Å². The Morgan fingerprint density at radius 3 is 2.68 bits per heavy atom. The van der Waals surface area contributed by atoms with Crippen LogP contribution < -0.4 is 10.1 Å². The Morgan fingerprint density at radius 1 is 1.26 bits per heavy atom. The summed E-state index contributed by atoms with van der Waals surface area (Å²) in [6.45, 7) is 3.69. The van der Waals surface area contributed by atoms with E-state index in [1.54, 1.807) is 42.5 Å². The van der Waals surface area contributed by atoms with Gasteiger partial charge >= 0.3 is 0 Å². The van der Waals surface area contributed by atoms with Crippen LogP contribution in [0.3, 0.4) is 0 Å². The summed E-state index contributed by atoms with van der Waals surface area (Å²) in [4.78, 5) is 26.5. The number of benzene rings is 2. The third kappa shape index (κ3) is 5.53. The molecule has 1 N–H and O–H groups in total. The van der Waals surface area contributed by atoms with Crippen LogP contribution in [-0.4, -0.2) is 49.2 Å². The molecule has 1 aliphatic heterocycles. The molecular weight excluding hydrogens is 438 g/mol. The molecule has 10 heteroatoms. The third-order valence-corrected chi connectivity index (χ3v) is 6.87. The zero-order valence-electron chi connectivity index (χ0n) is 16.7. The topological polar surface area (TPSA) is 105 Å². The van der Waals surface area contributed by atoms with E-state index >= 15 is 0 Å². The molecular formula is C21H21N3O5S2. The summed E-state index contributed by atoms with van der Waals surface area (Å²) >= 11 is 0.949. The maximum Gasteiger partial charge on any atom is 0.284 e. The van der Waals surface area contributed by atoms with Crippen LogP contribution in [0.4, 0.5) is 5.69 Å². The summed E-state index contributed by atoms with van der Waals surface area (Å²) in [5.74, 6) is -0.195. The van der Waals surface area contributed by atoms with Crippen molar-refractivity contribution in [2.75, 3.05) is 19.0 Å². The fourth-order valence-electron chi connectivity index (χ4n) is 2.84. The number of carbonyl (C=O) groups excluding carboxylic acids is 2. The molecule has 31 heavy (non-hydrogen) atoms. The van der Waals surface area contributed by atoms with E-state index < -0.39 is 21.2 Å². The minimum atomic E-state index is -4.00. The van der Waals surface area contributed by atoms with Gasteiger partial charge in [0, 0.05) is 24.7 Å². The van der Waals surface area contributed by atoms with Crippen LogP contribution in [0.25, 0.3) is 0 Å². The number of carbonyl (C=O) groups is 2. The van der Waals surface area contributed by atoms with E-state index in [1.165, 1.54) is 30.2 Å². The van der Waals surface area contributed by atoms with Crippen molar-refractivity contribution in [3.8, 4) is 5.75 Å². The first-order valence-corrected chi connectivity index (χ1v) is 11.6. The molecule has 0 aliphatic carbocycles. The first-order valence-electron chi connectivity index (χ1n) is 9.27. The van der Waals surface area contributed by atoms with Gasteiger partial charge < -0.3 is 10.1 Å². The zero-order valence-corrected chi connectivity index (χ0v) is 18.4. The van der Waals surface area contributed by atoms with Crippen molar-refractivity contribution < 1.29 is 22.7 Å². The predicted molar refractivity (Wildman–Crippen MR) is 121 cm³/mol. The van der Waals surface area contributed by atoms with E-state index in [4.69, 9.17) is 4.74 Å². The maximum absolute atomic E-state index is 12.8. The second kappa shape index (κ2) is 9.80. The molecule has 162 valence electrons. The molecule has 1 fully saturated rings. The number of thioether (sulfide) groups is 1. The van der Waals surface area contributed by atoms with Crippen molar-refractivity contribution in [1.29, 1.82) is 0 Å². The highest BCUT2D eigenvalue weighted by molar-refractivity contribution is 8.16. The highest BCUT2D eigenvalue weighted by Gasteiger charge is 2.39. The van der Waals surface area contributed by atoms with Gasteiger partial charge in [0.15, 0.2) is 5.17 Å². The number of methoxy groups -OCH3 is 1. The number of anilines is 1. The van der Waals surface area contributed by atoms with Gasteiger partial charge in [-0.15, -0.1) is 11.0 Å². The van der Waals surface area contributed by atoms with Crippen LogP contribution in [0, 0.1) is 0 Å². The van der Waals surface area contributed by atoms with Crippen LogP contribution in [0.5, 0.6) is 5.75 Å². The van der Waals surface area contributed by atoms with Gasteiger partial charge in [-0.05, 0) is 24.3 Å². The summed E-state index contributed by atoms with van der Waals surface area (Å²) in [5.41, 5.74) is 0.531. The van der Waals surface area contributed by atoms with E-state index in [0.29, 0.717) is 11.4 Å². The number of amidine groups is 1. The standard InChI is InChI=1S/C21H21N3O5S2/c1-3-12-24-20(26)18(14-19(25)22-15-8-7-9-16(13-15)29-2)30-21(24)23-31(27,28)17-10-5-4-6-11-17/h3-11,13,18H,1,12,14H2,2H3,(H,22,25)/b23-21-. The minimum absolute atomic E-state index is 0.0212. The lowest BCUT2D eigenvalue weighted by Crippen LogP contribution is -2.33. The molecule has 0 saturated carbocycles. The van der Waals surface area contributed by atoms with Gasteiger partial charge in [0.1, 0.15) is 11.0 Å². The number of hydrogen-bond acceptors (Lipinski definition) is 6. The Labute approximate surface area is 185 Å². The highest BCUT2D eigenvalue weighted by Crippen LogP contribution is 2.31. The molecule has 2 aromatic carbocycles. The second-order valence-corrected chi connectivity index (χ2v) is 9.26.